The van der Waals surface area contributed by atoms with Gasteiger partial charge in [-0.15, -0.1) is 22.7 Å². The number of thiazole rings is 1. The SMILES string of the molecule is c1ccc2[nH]ccc2c1.c1ccc2[nH]cnc2c1.c1ccc2[nH]ncc2c1.c1ccc2ncccc2c1.c1ccc2ncncc2c1.c1ccc2ncncc2c1.c1ccc2nnccc2c1.c1ccc2occc2c1.c1ccc2ocnc2c1.c1ccc2oncc2c1.c1ccc2sccc2c1.c1ccc2scnc2c1.c1ccc2sncc2c1. The number of hydrogen-bond donors (Lipinski definition) is 3. The number of nitrogens with one attached hydrogen (secondary N) is 3. The smallest absolute Gasteiger partial charge is 0.181 e. The Bertz CT molecular complexity index is 5680. The van der Waals surface area contributed by atoms with Gasteiger partial charge in [0.2, 0.25) is 0 Å². The van der Waals surface area contributed by atoms with Gasteiger partial charge < -0.3 is 23.3 Å². The van der Waals surface area contributed by atoms with Gasteiger partial charge in [-0.1, -0.05) is 224 Å². The van der Waals surface area contributed by atoms with Crippen LogP contribution < -0.4 is 0 Å². The van der Waals surface area contributed by atoms with Crippen molar-refractivity contribution in [3.63, 3.8) is 0 Å². The predicted molar refractivity (Wildman–Crippen MR) is 496 cm³/mol. The van der Waals surface area contributed by atoms with Crippen LogP contribution in [0.4, 0.5) is 0 Å². The van der Waals surface area contributed by atoms with Crippen LogP contribution >= 0.6 is 34.2 Å². The van der Waals surface area contributed by atoms with Gasteiger partial charge in [0.05, 0.1) is 90.2 Å². The van der Waals surface area contributed by atoms with E-state index in [0.717, 1.165) is 98.7 Å². The Labute approximate surface area is 706 Å². The lowest BCUT2D eigenvalue weighted by Gasteiger charge is -1.91. The second-order valence-corrected chi connectivity index (χ2v) is 28.3. The molecule has 0 bridgehead atoms. The first kappa shape index (κ1) is 81.6. The molecule has 0 aliphatic rings. The zero-order chi connectivity index (χ0) is 82.2. The summed E-state index contributed by atoms with van der Waals surface area (Å²) in [4.78, 5) is 38.4. The summed E-state index contributed by atoms with van der Waals surface area (Å²) < 4.78 is 22.9. The average Bonchev–Trinajstić information content (AvgIpc) is 1.88. The third kappa shape index (κ3) is 24.8. The van der Waals surface area contributed by atoms with E-state index in [1.165, 1.54) is 59.1 Å². The van der Waals surface area contributed by atoms with E-state index >= 15 is 0 Å². The molecule has 3 N–H and O–H groups in total. The van der Waals surface area contributed by atoms with Gasteiger partial charge >= 0.3 is 0 Å². The lowest BCUT2D eigenvalue weighted by Crippen LogP contribution is -1.79. The number of hydrogen-bond acceptors (Lipinski definition) is 19. The van der Waals surface area contributed by atoms with Crippen molar-refractivity contribution >= 4 is 174 Å². The van der Waals surface area contributed by atoms with Crippen LogP contribution in [0.2, 0.25) is 0 Å². The average molecular weight is 1630 g/mol. The van der Waals surface area contributed by atoms with Gasteiger partial charge in [-0.25, -0.2) is 34.9 Å². The topological polar surface area (TPSA) is 254 Å². The van der Waals surface area contributed by atoms with Crippen molar-refractivity contribution in [1.29, 1.82) is 0 Å². The maximum Gasteiger partial charge on any atom is 0.181 e. The molecule has 588 valence electrons. The Kier molecular flexibility index (Phi) is 30.2. The third-order valence-electron chi connectivity index (χ3n) is 17.6. The standard InChI is InChI=1S/C9H7N.3C8H6N2.C8H7N.C8H6O.C8H6S.2C7H6N2.2C7H5NO.2C7H5NS/c1-2-6-9-8(4-1)5-3-7-10-9;2*1-2-4-8-7(3-1)5-9-6-10-8;1-2-4-8-7(3-1)5-6-9-10-8;3*1-2-4-8-7(3-1)5-6-9-8;1-2-4-7-6(3-1)8-5-9-7;1-2-4-7-6(3-1)5-8-9-7;1-2-4-7-6(3-1)8-5-9-7;1-2-4-7-6(3-1)5-8-9-7;1-2-4-7-6(3-1)8-5-9-7;1-2-4-7-6(3-1)5-8-9-7/h1-7H;3*1-6H;1-6,9H;2*1-6H;2*1-5H,(H,8,9);4*1-5H. The number of furan rings is 1. The van der Waals surface area contributed by atoms with Crippen LogP contribution in [0, 0.1) is 0 Å². The highest BCUT2D eigenvalue weighted by molar-refractivity contribution is 7.17. The van der Waals surface area contributed by atoms with Gasteiger partial charge in [0.1, 0.15) is 23.8 Å². The Morgan fingerprint density at radius 3 is 1.48 bits per heavy atom. The second kappa shape index (κ2) is 44.8. The van der Waals surface area contributed by atoms with E-state index in [-0.39, 0.29) is 0 Å². The largest absolute Gasteiger partial charge is 0.464 e. The molecule has 13 aromatic carbocycles. The van der Waals surface area contributed by atoms with Crippen molar-refractivity contribution in [2.75, 3.05) is 0 Å². The minimum absolute atomic E-state index is 0.845. The van der Waals surface area contributed by atoms with Gasteiger partial charge in [0, 0.05) is 84.3 Å². The number of pyridine rings is 1. The second-order valence-electron chi connectivity index (χ2n) is 25.7. The van der Waals surface area contributed by atoms with Crippen LogP contribution in [-0.2, 0) is 0 Å². The maximum absolute atomic E-state index is 5.12. The molecule has 0 spiro atoms. The number of oxazole rings is 1. The number of imidazole rings is 1. The highest BCUT2D eigenvalue weighted by Gasteiger charge is 1.99. The van der Waals surface area contributed by atoms with Crippen molar-refractivity contribution in [1.82, 2.24) is 79.8 Å². The van der Waals surface area contributed by atoms with Gasteiger partial charge in [0.25, 0.3) is 0 Å². The number of nitrogens with zero attached hydrogens (tertiary/aromatic N) is 13. The minimum atomic E-state index is 0.845. The summed E-state index contributed by atoms with van der Waals surface area (Å²) >= 11 is 5.00. The Morgan fingerprint density at radius 2 is 0.835 bits per heavy atom. The van der Waals surface area contributed by atoms with Crippen LogP contribution in [0.1, 0.15) is 0 Å². The number of fused-ring (bicyclic) bond motifs is 13. The Hall–Kier alpha value is -16.0. The van der Waals surface area contributed by atoms with E-state index in [4.69, 9.17) is 13.4 Å². The number of benzene rings is 13. The highest BCUT2D eigenvalue weighted by Crippen LogP contribution is 2.22. The molecule has 0 radical (unpaired) electrons. The van der Waals surface area contributed by atoms with Crippen LogP contribution in [0.5, 0.6) is 0 Å². The number of aromatic nitrogens is 16. The third-order valence-corrected chi connectivity index (χ3v) is 20.1. The molecule has 13 heterocycles. The van der Waals surface area contributed by atoms with E-state index in [9.17, 15) is 0 Å². The fourth-order valence-electron chi connectivity index (χ4n) is 11.6. The Morgan fingerprint density at radius 1 is 0.289 bits per heavy atom. The van der Waals surface area contributed by atoms with Crippen molar-refractivity contribution in [3.8, 4) is 0 Å². The van der Waals surface area contributed by atoms with Gasteiger partial charge in [0.15, 0.2) is 17.6 Å². The number of rotatable bonds is 0. The molecule has 22 heteroatoms. The van der Waals surface area contributed by atoms with Gasteiger partial charge in [-0.05, 0) is 161 Å². The first-order valence-corrected chi connectivity index (χ1v) is 40.6. The molecule has 0 aliphatic carbocycles. The summed E-state index contributed by atoms with van der Waals surface area (Å²) in [7, 11) is 0. The molecule has 0 saturated heterocycles. The minimum Gasteiger partial charge on any atom is -0.464 e. The quantitative estimate of drug-likeness (QED) is 0.128. The van der Waals surface area contributed by atoms with Crippen LogP contribution in [0.15, 0.2) is 457 Å². The first-order valence-electron chi connectivity index (χ1n) is 38.1. The molecule has 0 aliphatic heterocycles. The van der Waals surface area contributed by atoms with Crippen LogP contribution in [-0.4, -0.2) is 79.8 Å². The van der Waals surface area contributed by atoms with E-state index < -0.39 is 0 Å². The fraction of sp³-hybridized carbons (Fsp3) is 0. The summed E-state index contributed by atoms with van der Waals surface area (Å²) in [5, 5.41) is 31.9. The van der Waals surface area contributed by atoms with E-state index in [1.807, 2.05) is 316 Å². The van der Waals surface area contributed by atoms with Crippen molar-refractivity contribution in [2.45, 2.75) is 0 Å². The lowest BCUT2D eigenvalue weighted by molar-refractivity contribution is 0.456. The molecule has 0 saturated carbocycles. The zero-order valence-electron chi connectivity index (χ0n) is 64.9. The van der Waals surface area contributed by atoms with Crippen molar-refractivity contribution in [2.24, 2.45) is 0 Å². The maximum atomic E-state index is 5.12. The normalized spacial score (nSPS) is 10.1. The summed E-state index contributed by atoms with van der Waals surface area (Å²) in [5.41, 5.74) is 15.0. The summed E-state index contributed by atoms with van der Waals surface area (Å²) in [6.45, 7) is 0. The molecule has 13 aromatic heterocycles. The van der Waals surface area contributed by atoms with E-state index in [2.05, 4.69) is 164 Å². The van der Waals surface area contributed by atoms with E-state index in [1.54, 1.807) is 60.3 Å². The number of H-pyrrole nitrogens is 3. The lowest BCUT2D eigenvalue weighted by atomic mass is 10.2. The number of aromatic amines is 3. The number of thiophene rings is 1. The highest BCUT2D eigenvalue weighted by atomic mass is 32.1. The number of para-hydroxylation sites is 12. The van der Waals surface area contributed by atoms with E-state index in [0.29, 0.717) is 0 Å². The first-order chi connectivity index (χ1) is 60.1. The zero-order valence-corrected chi connectivity index (χ0v) is 67.4. The summed E-state index contributed by atoms with van der Waals surface area (Å²) in [6, 6.07) is 116. The van der Waals surface area contributed by atoms with Gasteiger partial charge in [-0.2, -0.15) is 19.7 Å². The van der Waals surface area contributed by atoms with Crippen LogP contribution in [0.25, 0.3) is 140 Å². The molecule has 26 rings (SSSR count). The molecule has 0 atom stereocenters. The van der Waals surface area contributed by atoms with Crippen LogP contribution in [0.3, 0.4) is 0 Å². The fourth-order valence-corrected chi connectivity index (χ4v) is 13.7. The predicted octanol–water partition coefficient (Wildman–Crippen LogP) is 26.0. The molecule has 0 unspecified atom stereocenters. The monoisotopic (exact) mass is 1630 g/mol. The van der Waals surface area contributed by atoms with Crippen molar-refractivity contribution < 1.29 is 13.4 Å². The Balaban J connectivity index is 0.000000107. The molecule has 0 fully saturated rings. The van der Waals surface area contributed by atoms with Gasteiger partial charge in [-0.3, -0.25) is 10.1 Å². The molecular formula is C99H76N16O3S3. The molecule has 121 heavy (non-hydrogen) atoms. The molecule has 19 nitrogen and oxygen atoms in total. The summed E-state index contributed by atoms with van der Waals surface area (Å²) in [6.07, 6.45) is 22.4. The summed E-state index contributed by atoms with van der Waals surface area (Å²) in [5.74, 6) is 0. The molecule has 0 amide bonds. The molecular weight excluding hydrogens is 1560 g/mol. The van der Waals surface area contributed by atoms with Crippen molar-refractivity contribution in [3.05, 3.63) is 444 Å². The molecule has 26 aromatic rings.